The summed E-state index contributed by atoms with van der Waals surface area (Å²) in [5, 5.41) is 9.37. The molecule has 2 atom stereocenters. The molecule has 1 aliphatic rings. The monoisotopic (exact) mass is 280 g/mol. The first-order valence-electron chi connectivity index (χ1n) is 5.55. The fraction of sp³-hybridized carbons (Fsp3) is 1.00. The van der Waals surface area contributed by atoms with Crippen molar-refractivity contribution in [2.75, 3.05) is 6.61 Å². The largest absolute Gasteiger partial charge is 0.423 e. The lowest BCUT2D eigenvalue weighted by Crippen LogP contribution is -2.44. The molecular formula is C10H14F6O2. The van der Waals surface area contributed by atoms with Crippen LogP contribution in [0.3, 0.4) is 0 Å². The van der Waals surface area contributed by atoms with Gasteiger partial charge >= 0.3 is 12.4 Å². The smallest absolute Gasteiger partial charge is 0.393 e. The Labute approximate surface area is 99.9 Å². The molecule has 0 aliphatic heterocycles. The Morgan fingerprint density at radius 1 is 1.06 bits per heavy atom. The number of hydrogen-bond acceptors (Lipinski definition) is 2. The van der Waals surface area contributed by atoms with Crippen LogP contribution in [-0.4, -0.2) is 36.3 Å². The van der Waals surface area contributed by atoms with Crippen molar-refractivity contribution in [3.05, 3.63) is 0 Å². The molecule has 108 valence electrons. The molecule has 2 unspecified atom stereocenters. The molecule has 0 heterocycles. The molecule has 1 fully saturated rings. The fourth-order valence-corrected chi connectivity index (χ4v) is 2.07. The molecule has 1 rings (SSSR count). The second-order valence-electron chi connectivity index (χ2n) is 4.38. The zero-order valence-corrected chi connectivity index (χ0v) is 9.39. The first kappa shape index (κ1) is 15.6. The van der Waals surface area contributed by atoms with E-state index in [9.17, 15) is 31.4 Å². The van der Waals surface area contributed by atoms with Gasteiger partial charge in [-0.25, -0.2) is 0 Å². The Bertz CT molecular complexity index is 248. The fourth-order valence-electron chi connectivity index (χ4n) is 2.07. The van der Waals surface area contributed by atoms with E-state index in [4.69, 9.17) is 0 Å². The van der Waals surface area contributed by atoms with E-state index in [1.165, 1.54) is 0 Å². The third-order valence-electron chi connectivity index (χ3n) is 2.99. The maximum absolute atomic E-state index is 12.1. The number of rotatable bonds is 4. The zero-order chi connectivity index (χ0) is 14.0. The van der Waals surface area contributed by atoms with Crippen LogP contribution < -0.4 is 0 Å². The van der Waals surface area contributed by atoms with Crippen molar-refractivity contribution in [3.8, 4) is 0 Å². The van der Waals surface area contributed by atoms with Crippen LogP contribution in [0.4, 0.5) is 26.3 Å². The van der Waals surface area contributed by atoms with E-state index in [1.54, 1.807) is 0 Å². The van der Waals surface area contributed by atoms with Gasteiger partial charge in [0.2, 0.25) is 6.10 Å². The van der Waals surface area contributed by atoms with Crippen molar-refractivity contribution in [2.45, 2.75) is 50.2 Å². The van der Waals surface area contributed by atoms with E-state index in [0.717, 1.165) is 6.42 Å². The number of ether oxygens (including phenoxy) is 1. The Morgan fingerprint density at radius 3 is 2.00 bits per heavy atom. The van der Waals surface area contributed by atoms with Crippen LogP contribution in [0, 0.1) is 5.92 Å². The molecule has 18 heavy (non-hydrogen) atoms. The standard InChI is InChI=1S/C10H14F6O2/c11-9(12,13)8(10(14,15)16)18-5-4-6-2-1-3-7(6)17/h6-8,17H,1-5H2. The lowest BCUT2D eigenvalue weighted by molar-refractivity contribution is -0.322. The maximum Gasteiger partial charge on any atom is 0.423 e. The van der Waals surface area contributed by atoms with Crippen LogP contribution in [0.2, 0.25) is 0 Å². The maximum atomic E-state index is 12.1. The summed E-state index contributed by atoms with van der Waals surface area (Å²) < 4.78 is 76.5. The lowest BCUT2D eigenvalue weighted by atomic mass is 10.0. The quantitative estimate of drug-likeness (QED) is 0.802. The molecular weight excluding hydrogens is 266 g/mol. The average Bonchev–Trinajstić information content (AvgIpc) is 2.55. The second-order valence-corrected chi connectivity index (χ2v) is 4.38. The van der Waals surface area contributed by atoms with Crippen LogP contribution >= 0.6 is 0 Å². The molecule has 0 aromatic carbocycles. The minimum absolute atomic E-state index is 0.00380. The zero-order valence-electron chi connectivity index (χ0n) is 9.39. The molecule has 0 aromatic rings. The Balaban J connectivity index is 2.43. The molecule has 8 heteroatoms. The summed E-state index contributed by atoms with van der Waals surface area (Å²) in [5.41, 5.74) is 0. The van der Waals surface area contributed by atoms with E-state index < -0.39 is 31.2 Å². The molecule has 0 saturated heterocycles. The third-order valence-corrected chi connectivity index (χ3v) is 2.99. The van der Waals surface area contributed by atoms with Crippen molar-refractivity contribution in [2.24, 2.45) is 5.92 Å². The van der Waals surface area contributed by atoms with Crippen molar-refractivity contribution < 1.29 is 36.2 Å². The van der Waals surface area contributed by atoms with E-state index in [0.29, 0.717) is 12.8 Å². The third kappa shape index (κ3) is 4.31. The number of aliphatic hydroxyl groups is 1. The normalized spacial score (nSPS) is 26.0. The minimum Gasteiger partial charge on any atom is -0.393 e. The summed E-state index contributed by atoms with van der Waals surface area (Å²) in [6, 6.07) is 0. The van der Waals surface area contributed by atoms with Crippen LogP contribution in [-0.2, 0) is 4.74 Å². The van der Waals surface area contributed by atoms with Gasteiger partial charge in [-0.15, -0.1) is 0 Å². The van der Waals surface area contributed by atoms with Crippen molar-refractivity contribution in [1.29, 1.82) is 0 Å². The molecule has 0 bridgehead atoms. The molecule has 2 nitrogen and oxygen atoms in total. The summed E-state index contributed by atoms with van der Waals surface area (Å²) in [4.78, 5) is 0. The van der Waals surface area contributed by atoms with Gasteiger partial charge in [0.15, 0.2) is 0 Å². The van der Waals surface area contributed by atoms with Crippen LogP contribution in [0.5, 0.6) is 0 Å². The minimum atomic E-state index is -5.47. The SMILES string of the molecule is OC1CCCC1CCOC(C(F)(F)F)C(F)(F)F. The van der Waals surface area contributed by atoms with E-state index >= 15 is 0 Å². The van der Waals surface area contributed by atoms with Gasteiger partial charge in [-0.05, 0) is 25.2 Å². The summed E-state index contributed by atoms with van der Waals surface area (Å²) in [6.07, 6.45) is -13.5. The van der Waals surface area contributed by atoms with Crippen LogP contribution in [0.1, 0.15) is 25.7 Å². The van der Waals surface area contributed by atoms with Gasteiger partial charge in [0, 0.05) is 6.61 Å². The van der Waals surface area contributed by atoms with Crippen LogP contribution in [0.15, 0.2) is 0 Å². The molecule has 1 N–H and O–H groups in total. The van der Waals surface area contributed by atoms with Crippen molar-refractivity contribution >= 4 is 0 Å². The highest BCUT2D eigenvalue weighted by Gasteiger charge is 2.57. The number of halogens is 6. The van der Waals surface area contributed by atoms with Gasteiger partial charge in [0.05, 0.1) is 6.10 Å². The van der Waals surface area contributed by atoms with Crippen molar-refractivity contribution in [1.82, 2.24) is 0 Å². The van der Waals surface area contributed by atoms with Gasteiger partial charge in [-0.3, -0.25) is 0 Å². The highest BCUT2D eigenvalue weighted by atomic mass is 19.4. The van der Waals surface area contributed by atoms with Gasteiger partial charge < -0.3 is 9.84 Å². The molecule has 1 aliphatic carbocycles. The van der Waals surface area contributed by atoms with Gasteiger partial charge in [-0.1, -0.05) is 6.42 Å². The summed E-state index contributed by atoms with van der Waals surface area (Å²) in [7, 11) is 0. The molecule has 0 amide bonds. The average molecular weight is 280 g/mol. The number of hydrogen-bond donors (Lipinski definition) is 1. The number of alkyl halides is 6. The molecule has 1 saturated carbocycles. The predicted molar refractivity (Wildman–Crippen MR) is 49.8 cm³/mol. The van der Waals surface area contributed by atoms with Gasteiger partial charge in [0.25, 0.3) is 0 Å². The van der Waals surface area contributed by atoms with Gasteiger partial charge in [0.1, 0.15) is 0 Å². The molecule has 0 radical (unpaired) electrons. The summed E-state index contributed by atoms with van der Waals surface area (Å²) >= 11 is 0. The molecule has 0 aromatic heterocycles. The highest BCUT2D eigenvalue weighted by molar-refractivity contribution is 4.78. The summed E-state index contributed by atoms with van der Waals surface area (Å²) in [5.74, 6) is -0.271. The summed E-state index contributed by atoms with van der Waals surface area (Å²) in [6.45, 7) is -0.661. The van der Waals surface area contributed by atoms with Crippen LogP contribution in [0.25, 0.3) is 0 Å². The number of aliphatic hydroxyl groups excluding tert-OH is 1. The Hall–Kier alpha value is -0.500. The Kier molecular flexibility index (Phi) is 4.88. The topological polar surface area (TPSA) is 29.5 Å². The first-order valence-corrected chi connectivity index (χ1v) is 5.55. The van der Waals surface area contributed by atoms with Crippen molar-refractivity contribution in [3.63, 3.8) is 0 Å². The van der Waals surface area contributed by atoms with E-state index in [-0.39, 0.29) is 12.3 Å². The second kappa shape index (κ2) is 5.64. The first-order chi connectivity index (χ1) is 8.12. The Morgan fingerprint density at radius 2 is 1.61 bits per heavy atom. The predicted octanol–water partition coefficient (Wildman–Crippen LogP) is 3.05. The van der Waals surface area contributed by atoms with Gasteiger partial charge in [-0.2, -0.15) is 26.3 Å². The van der Waals surface area contributed by atoms with E-state index in [1.807, 2.05) is 0 Å². The highest BCUT2D eigenvalue weighted by Crippen LogP contribution is 2.36. The lowest BCUT2D eigenvalue weighted by Gasteiger charge is -2.24. The molecule has 0 spiro atoms. The van der Waals surface area contributed by atoms with E-state index in [2.05, 4.69) is 4.74 Å².